The number of aryl methyl sites for hydroxylation is 4. The molecule has 2 heterocycles. The molecule has 0 radical (unpaired) electrons. The largest absolute Gasteiger partial charge is 0.340 e. The Kier molecular flexibility index (Phi) is 8.00. The van der Waals surface area contributed by atoms with Crippen molar-refractivity contribution in [2.75, 3.05) is 0 Å². The third-order valence-corrected chi connectivity index (χ3v) is 9.70. The van der Waals surface area contributed by atoms with Gasteiger partial charge >= 0.3 is 0 Å². The molecule has 6 aromatic carbocycles. The first-order valence-corrected chi connectivity index (χ1v) is 17.1. The van der Waals surface area contributed by atoms with Gasteiger partial charge in [-0.05, 0) is 73.2 Å². The van der Waals surface area contributed by atoms with Crippen molar-refractivity contribution in [3.63, 3.8) is 0 Å². The average Bonchev–Trinajstić information content (AvgIpc) is 3.61. The molecule has 8 aromatic rings. The van der Waals surface area contributed by atoms with Gasteiger partial charge in [0.25, 0.3) is 0 Å². The SMILES string of the molecule is Cc1ccc(/C=C/c2ccc3c4ccc(/C=C/c5ccc(C)cc5)cc4n(CCCCn4c5ccccc5c5ccccc54)c3c2)cc1. The molecule has 8 rings (SSSR count). The third-order valence-electron chi connectivity index (χ3n) is 9.70. The fraction of sp³-hybridized carbons (Fsp3) is 0.130. The Morgan fingerprint density at radius 2 is 0.729 bits per heavy atom. The fourth-order valence-electron chi connectivity index (χ4n) is 7.10. The molecule has 0 fully saturated rings. The quantitative estimate of drug-likeness (QED) is 0.112. The van der Waals surface area contributed by atoms with E-state index in [1.54, 1.807) is 0 Å². The lowest BCUT2D eigenvalue weighted by Crippen LogP contribution is -2.02. The Balaban J connectivity index is 1.13. The minimum Gasteiger partial charge on any atom is -0.340 e. The molecular formula is C46H40N2. The number of fused-ring (bicyclic) bond motifs is 6. The summed E-state index contributed by atoms with van der Waals surface area (Å²) < 4.78 is 5.07. The Hall–Kier alpha value is -5.60. The maximum atomic E-state index is 2.56. The van der Waals surface area contributed by atoms with E-state index < -0.39 is 0 Å². The van der Waals surface area contributed by atoms with Gasteiger partial charge in [-0.1, -0.05) is 145 Å². The van der Waals surface area contributed by atoms with Gasteiger partial charge in [-0.2, -0.15) is 0 Å². The highest BCUT2D eigenvalue weighted by Gasteiger charge is 2.13. The van der Waals surface area contributed by atoms with Crippen molar-refractivity contribution in [2.24, 2.45) is 0 Å². The van der Waals surface area contributed by atoms with Crippen LogP contribution < -0.4 is 0 Å². The number of hydrogen-bond acceptors (Lipinski definition) is 0. The predicted octanol–water partition coefficient (Wildman–Crippen LogP) is 12.3. The molecule has 0 saturated carbocycles. The van der Waals surface area contributed by atoms with Gasteiger partial charge in [0.2, 0.25) is 0 Å². The summed E-state index contributed by atoms with van der Waals surface area (Å²) in [5, 5.41) is 5.31. The maximum Gasteiger partial charge on any atom is 0.0497 e. The lowest BCUT2D eigenvalue weighted by atomic mass is 10.1. The lowest BCUT2D eigenvalue weighted by molar-refractivity contribution is 0.583. The van der Waals surface area contributed by atoms with Gasteiger partial charge in [-0.3, -0.25) is 0 Å². The molecule has 0 N–H and O–H groups in total. The van der Waals surface area contributed by atoms with Crippen molar-refractivity contribution in [1.82, 2.24) is 9.13 Å². The average molecular weight is 621 g/mol. The Labute approximate surface area is 282 Å². The van der Waals surface area contributed by atoms with Gasteiger partial charge < -0.3 is 9.13 Å². The number of unbranched alkanes of at least 4 members (excludes halogenated alkanes) is 1. The van der Waals surface area contributed by atoms with Crippen molar-refractivity contribution in [1.29, 1.82) is 0 Å². The molecule has 2 nitrogen and oxygen atoms in total. The van der Waals surface area contributed by atoms with Gasteiger partial charge in [0.15, 0.2) is 0 Å². The van der Waals surface area contributed by atoms with Crippen LogP contribution in [0.3, 0.4) is 0 Å². The van der Waals surface area contributed by atoms with Gasteiger partial charge in [-0.15, -0.1) is 0 Å². The van der Waals surface area contributed by atoms with Crippen LogP contribution in [0.1, 0.15) is 46.2 Å². The van der Waals surface area contributed by atoms with Crippen LogP contribution in [-0.4, -0.2) is 9.13 Å². The zero-order chi connectivity index (χ0) is 32.5. The number of aromatic nitrogens is 2. The smallest absolute Gasteiger partial charge is 0.0497 e. The van der Waals surface area contributed by atoms with Crippen LogP contribution in [0.5, 0.6) is 0 Å². The molecule has 0 amide bonds. The predicted molar refractivity (Wildman–Crippen MR) is 208 cm³/mol. The zero-order valence-electron chi connectivity index (χ0n) is 27.7. The molecule has 0 atom stereocenters. The molecule has 0 saturated heterocycles. The fourth-order valence-corrected chi connectivity index (χ4v) is 7.10. The van der Waals surface area contributed by atoms with E-state index in [4.69, 9.17) is 0 Å². The number of benzene rings is 6. The highest BCUT2D eigenvalue weighted by atomic mass is 15.0. The van der Waals surface area contributed by atoms with E-state index in [9.17, 15) is 0 Å². The third kappa shape index (κ3) is 5.87. The summed E-state index contributed by atoms with van der Waals surface area (Å²) in [6, 6.07) is 48.9. The molecule has 0 aliphatic rings. The van der Waals surface area contributed by atoms with E-state index in [0.717, 1.165) is 25.9 Å². The van der Waals surface area contributed by atoms with Crippen molar-refractivity contribution in [3.8, 4) is 0 Å². The zero-order valence-corrected chi connectivity index (χ0v) is 27.7. The van der Waals surface area contributed by atoms with E-state index in [-0.39, 0.29) is 0 Å². The van der Waals surface area contributed by atoms with Crippen LogP contribution in [0.15, 0.2) is 133 Å². The molecule has 2 aromatic heterocycles. The minimum atomic E-state index is 0.966. The molecule has 0 aliphatic heterocycles. The van der Waals surface area contributed by atoms with E-state index in [0.29, 0.717) is 0 Å². The molecule has 0 aliphatic carbocycles. The summed E-state index contributed by atoms with van der Waals surface area (Å²) >= 11 is 0. The summed E-state index contributed by atoms with van der Waals surface area (Å²) in [7, 11) is 0. The van der Waals surface area contributed by atoms with Crippen LogP contribution in [-0.2, 0) is 13.1 Å². The van der Waals surface area contributed by atoms with Gasteiger partial charge in [0.05, 0.1) is 0 Å². The van der Waals surface area contributed by atoms with E-state index in [1.165, 1.54) is 77.0 Å². The van der Waals surface area contributed by atoms with E-state index in [2.05, 4.69) is 181 Å². The summed E-state index contributed by atoms with van der Waals surface area (Å²) in [5.74, 6) is 0. The monoisotopic (exact) mass is 620 g/mol. The molecule has 234 valence electrons. The second-order valence-corrected chi connectivity index (χ2v) is 13.1. The van der Waals surface area contributed by atoms with Crippen LogP contribution >= 0.6 is 0 Å². The topological polar surface area (TPSA) is 9.86 Å². The Morgan fingerprint density at radius 3 is 1.19 bits per heavy atom. The minimum absolute atomic E-state index is 0.966. The normalized spacial score (nSPS) is 12.1. The highest BCUT2D eigenvalue weighted by Crippen LogP contribution is 2.33. The van der Waals surface area contributed by atoms with Gasteiger partial charge in [-0.25, -0.2) is 0 Å². The molecular weight excluding hydrogens is 581 g/mol. The first kappa shape index (κ1) is 29.8. The van der Waals surface area contributed by atoms with Crippen LogP contribution in [0.2, 0.25) is 0 Å². The van der Waals surface area contributed by atoms with Crippen molar-refractivity contribution >= 4 is 67.9 Å². The second-order valence-electron chi connectivity index (χ2n) is 13.1. The molecule has 0 bridgehead atoms. The van der Waals surface area contributed by atoms with Crippen molar-refractivity contribution < 1.29 is 0 Å². The number of para-hydroxylation sites is 2. The van der Waals surface area contributed by atoms with Crippen LogP contribution in [0.4, 0.5) is 0 Å². The summed E-state index contributed by atoms with van der Waals surface area (Å²) in [6.45, 7) is 6.23. The van der Waals surface area contributed by atoms with Crippen molar-refractivity contribution in [3.05, 3.63) is 167 Å². The lowest BCUT2D eigenvalue weighted by Gasteiger charge is -2.11. The molecule has 2 heteroatoms. The second kappa shape index (κ2) is 12.9. The van der Waals surface area contributed by atoms with Crippen LogP contribution in [0, 0.1) is 13.8 Å². The first-order chi connectivity index (χ1) is 23.6. The Morgan fingerprint density at radius 1 is 0.375 bits per heavy atom. The highest BCUT2D eigenvalue weighted by molar-refractivity contribution is 6.09. The van der Waals surface area contributed by atoms with Gasteiger partial charge in [0, 0.05) is 56.7 Å². The molecule has 0 spiro atoms. The number of nitrogens with zero attached hydrogens (tertiary/aromatic N) is 2. The van der Waals surface area contributed by atoms with Gasteiger partial charge in [0.1, 0.15) is 0 Å². The summed E-state index contributed by atoms with van der Waals surface area (Å²) in [5.41, 5.74) is 12.7. The van der Waals surface area contributed by atoms with E-state index >= 15 is 0 Å². The Bertz CT molecular complexity index is 2280. The summed E-state index contributed by atoms with van der Waals surface area (Å²) in [4.78, 5) is 0. The first-order valence-electron chi connectivity index (χ1n) is 17.1. The van der Waals surface area contributed by atoms with Crippen molar-refractivity contribution in [2.45, 2.75) is 39.8 Å². The number of rotatable bonds is 9. The standard InChI is InChI=1S/C46H40N2/c1-33-13-17-35(18-14-33)21-23-37-25-27-41-42-28-26-38(24-22-36-19-15-34(2)16-20-36)32-46(42)48(45(41)31-37)30-8-7-29-47-43-11-5-3-9-39(43)40-10-4-6-12-44(40)47/h3-6,9-28,31-32H,7-8,29-30H2,1-2H3/b23-21+,24-22+. The number of hydrogen-bond donors (Lipinski definition) is 0. The maximum absolute atomic E-state index is 2.56. The van der Waals surface area contributed by atoms with E-state index in [1.807, 2.05) is 0 Å². The molecule has 0 unspecified atom stereocenters. The molecule has 48 heavy (non-hydrogen) atoms. The summed E-state index contributed by atoms with van der Waals surface area (Å²) in [6.07, 6.45) is 11.1. The van der Waals surface area contributed by atoms with Crippen LogP contribution in [0.25, 0.3) is 67.9 Å².